The topological polar surface area (TPSA) is 55.4 Å². The zero-order valence-corrected chi connectivity index (χ0v) is 17.2. The number of ether oxygens (including phenoxy) is 1. The molecule has 0 aliphatic rings. The molecule has 0 aliphatic heterocycles. The molecule has 208 valence electrons. The van der Waals surface area contributed by atoms with Gasteiger partial charge in [0.05, 0.1) is 12.8 Å². The van der Waals surface area contributed by atoms with Gasteiger partial charge in [-0.1, -0.05) is 0 Å². The van der Waals surface area contributed by atoms with Crippen LogP contribution in [0.3, 0.4) is 0 Å². The van der Waals surface area contributed by atoms with Gasteiger partial charge in [-0.2, -0.15) is 61.5 Å². The third-order valence-electron chi connectivity index (χ3n) is 4.23. The Kier molecular flexibility index (Phi) is 7.99. The summed E-state index contributed by atoms with van der Waals surface area (Å²) < 4.78 is 217. The Hall–Kier alpha value is -2.48. The summed E-state index contributed by atoms with van der Waals surface area (Å²) in [6.45, 7) is 0. The fourth-order valence-corrected chi connectivity index (χ4v) is 2.90. The maximum atomic E-state index is 13.9. The Morgan fingerprint density at radius 3 is 1.61 bits per heavy atom. The van der Waals surface area contributed by atoms with Crippen molar-refractivity contribution in [3.63, 3.8) is 0 Å². The maximum absolute atomic E-state index is 13.9. The Morgan fingerprint density at radius 2 is 1.19 bits per heavy atom. The fourth-order valence-electron chi connectivity index (χ4n) is 2.14. The van der Waals surface area contributed by atoms with Crippen molar-refractivity contribution in [2.24, 2.45) is 0 Å². The summed E-state index contributed by atoms with van der Waals surface area (Å²) in [5.74, 6) is -61.9. The van der Waals surface area contributed by atoms with E-state index in [0.717, 1.165) is 5.38 Å². The zero-order valence-electron chi connectivity index (χ0n) is 16.4. The number of carbonyl (C=O) groups excluding carboxylic acids is 2. The molecular weight excluding hydrogens is 578 g/mol. The van der Waals surface area contributed by atoms with E-state index in [9.17, 15) is 79.8 Å². The number of hydrogen-bond acceptors (Lipinski definition) is 4. The van der Waals surface area contributed by atoms with Gasteiger partial charge in [-0.15, -0.1) is 11.3 Å². The van der Waals surface area contributed by atoms with E-state index in [0.29, 0.717) is 18.5 Å². The number of esters is 1. The zero-order chi connectivity index (χ0) is 28.9. The van der Waals surface area contributed by atoms with Crippen LogP contribution in [0.5, 0.6) is 0 Å². The first-order valence-corrected chi connectivity index (χ1v) is 9.08. The fraction of sp³-hybridized carbons (Fsp3) is 0.600. The summed E-state index contributed by atoms with van der Waals surface area (Å²) in [7, 11) is 0.673. The largest absolute Gasteiger partial charge is 0.465 e. The highest BCUT2D eigenvalue weighted by Crippen LogP contribution is 2.62. The van der Waals surface area contributed by atoms with Crippen molar-refractivity contribution in [1.29, 1.82) is 0 Å². The Balaban J connectivity index is 3.55. The highest BCUT2D eigenvalue weighted by atomic mass is 32.1. The number of halogens is 16. The number of rotatable bonds is 10. The average molecular weight is 585 g/mol. The van der Waals surface area contributed by atoms with Crippen LogP contribution in [0.25, 0.3) is 0 Å². The Bertz CT molecular complexity index is 989. The standard InChI is InChI=1S/C15H7F16NO3S/c1-35-6(33)5-4(2-3-36-5)32-8(34)10(20,21)12(24,25)14(28,29)15(30,31)13(26,27)11(22,23)9(18,19)7(16)17/h2-3,7H,1H3,(H,32,34). The molecule has 21 heteroatoms. The number of carbonyl (C=O) groups is 2. The van der Waals surface area contributed by atoms with E-state index < -0.39 is 70.3 Å². The molecule has 0 bridgehead atoms. The Labute approximate surface area is 191 Å². The van der Waals surface area contributed by atoms with Crippen LogP contribution in [0.4, 0.5) is 75.9 Å². The number of hydrogen-bond donors (Lipinski definition) is 1. The molecule has 0 spiro atoms. The lowest BCUT2D eigenvalue weighted by molar-refractivity contribution is -0.443. The minimum atomic E-state index is -8.62. The van der Waals surface area contributed by atoms with E-state index >= 15 is 0 Å². The highest BCUT2D eigenvalue weighted by Gasteiger charge is 2.94. The molecule has 1 rings (SSSR count). The first-order chi connectivity index (χ1) is 15.8. The third-order valence-corrected chi connectivity index (χ3v) is 5.13. The summed E-state index contributed by atoms with van der Waals surface area (Å²) >= 11 is 0.258. The predicted octanol–water partition coefficient (Wildman–Crippen LogP) is 6.19. The summed E-state index contributed by atoms with van der Waals surface area (Å²) in [6, 6.07) is 0.483. The van der Waals surface area contributed by atoms with Gasteiger partial charge in [-0.3, -0.25) is 4.79 Å². The number of thiophene rings is 1. The molecule has 1 aromatic rings. The van der Waals surface area contributed by atoms with Crippen molar-refractivity contribution < 1.29 is 84.6 Å². The molecule has 0 atom stereocenters. The van der Waals surface area contributed by atoms with E-state index in [1.54, 1.807) is 0 Å². The smallest absolute Gasteiger partial charge is 0.393 e. The lowest BCUT2D eigenvalue weighted by Gasteiger charge is -2.42. The maximum Gasteiger partial charge on any atom is 0.393 e. The molecule has 0 fully saturated rings. The van der Waals surface area contributed by atoms with Crippen molar-refractivity contribution >= 4 is 28.9 Å². The minimum Gasteiger partial charge on any atom is -0.465 e. The summed E-state index contributed by atoms with van der Waals surface area (Å²) in [5.41, 5.74) is -1.18. The second-order valence-corrected chi connectivity index (χ2v) is 7.40. The first-order valence-electron chi connectivity index (χ1n) is 8.20. The third kappa shape index (κ3) is 4.21. The van der Waals surface area contributed by atoms with Crippen LogP contribution in [0.15, 0.2) is 11.4 Å². The second kappa shape index (κ2) is 9.12. The molecule has 0 aliphatic carbocycles. The number of amides is 1. The van der Waals surface area contributed by atoms with Crippen LogP contribution in [-0.2, 0) is 9.53 Å². The lowest BCUT2D eigenvalue weighted by atomic mass is 9.89. The molecule has 1 N–H and O–H groups in total. The second-order valence-electron chi connectivity index (χ2n) is 6.48. The minimum absolute atomic E-state index is 0.258. The lowest BCUT2D eigenvalue weighted by Crippen LogP contribution is -2.74. The SMILES string of the molecule is COC(=O)c1sccc1NC(=O)C(F)(F)C(F)(F)C(F)(F)C(F)(F)C(F)(F)C(F)(F)C(F)(F)C(F)F. The summed E-state index contributed by atoms with van der Waals surface area (Å²) in [5, 5.41) is 1.48. The van der Waals surface area contributed by atoms with E-state index in [2.05, 4.69) is 4.74 Å². The van der Waals surface area contributed by atoms with E-state index in [1.165, 1.54) is 0 Å². The monoisotopic (exact) mass is 585 g/mol. The number of alkyl halides is 16. The van der Waals surface area contributed by atoms with E-state index in [1.807, 2.05) is 0 Å². The summed E-state index contributed by atoms with van der Waals surface area (Å²) in [6.07, 6.45) is -5.95. The highest BCUT2D eigenvalue weighted by molar-refractivity contribution is 7.12. The van der Waals surface area contributed by atoms with Gasteiger partial charge in [-0.25, -0.2) is 13.6 Å². The molecule has 4 nitrogen and oxygen atoms in total. The average Bonchev–Trinajstić information content (AvgIpc) is 3.20. The van der Waals surface area contributed by atoms with Crippen molar-refractivity contribution in [2.75, 3.05) is 12.4 Å². The molecular formula is C15H7F16NO3S. The molecule has 1 aromatic heterocycles. The molecule has 1 amide bonds. The normalized spacial score (nSPS) is 14.7. The molecule has 0 unspecified atom stereocenters. The van der Waals surface area contributed by atoms with Crippen LogP contribution in [0, 0.1) is 0 Å². The molecule has 36 heavy (non-hydrogen) atoms. The van der Waals surface area contributed by atoms with Gasteiger partial charge < -0.3 is 10.1 Å². The van der Waals surface area contributed by atoms with Crippen molar-refractivity contribution in [2.45, 2.75) is 47.9 Å². The van der Waals surface area contributed by atoms with Crippen LogP contribution >= 0.6 is 11.3 Å². The van der Waals surface area contributed by atoms with Crippen molar-refractivity contribution in [3.05, 3.63) is 16.3 Å². The van der Waals surface area contributed by atoms with Gasteiger partial charge in [0.1, 0.15) is 4.88 Å². The van der Waals surface area contributed by atoms with E-state index in [4.69, 9.17) is 0 Å². The van der Waals surface area contributed by atoms with E-state index in [-0.39, 0.29) is 11.3 Å². The molecule has 0 radical (unpaired) electrons. The van der Waals surface area contributed by atoms with Gasteiger partial charge in [0.2, 0.25) is 0 Å². The summed E-state index contributed by atoms with van der Waals surface area (Å²) in [4.78, 5) is 22.0. The van der Waals surface area contributed by atoms with Crippen LogP contribution in [-0.4, -0.2) is 66.9 Å². The van der Waals surface area contributed by atoms with Crippen molar-refractivity contribution in [3.8, 4) is 0 Å². The van der Waals surface area contributed by atoms with Crippen LogP contribution < -0.4 is 5.32 Å². The first kappa shape index (κ1) is 31.5. The van der Waals surface area contributed by atoms with Gasteiger partial charge in [0, 0.05) is 0 Å². The predicted molar refractivity (Wildman–Crippen MR) is 84.9 cm³/mol. The number of methoxy groups -OCH3 is 1. The molecule has 0 aromatic carbocycles. The van der Waals surface area contributed by atoms with Crippen molar-refractivity contribution in [1.82, 2.24) is 0 Å². The van der Waals surface area contributed by atoms with Crippen LogP contribution in [0.1, 0.15) is 9.67 Å². The molecule has 0 saturated heterocycles. The molecule has 0 saturated carbocycles. The van der Waals surface area contributed by atoms with Gasteiger partial charge >= 0.3 is 59.8 Å². The number of nitrogens with one attached hydrogen (secondary N) is 1. The van der Waals surface area contributed by atoms with Gasteiger partial charge in [0.25, 0.3) is 0 Å². The van der Waals surface area contributed by atoms with Gasteiger partial charge in [0.15, 0.2) is 0 Å². The quantitative estimate of drug-likeness (QED) is 0.264. The van der Waals surface area contributed by atoms with Crippen LogP contribution in [0.2, 0.25) is 0 Å². The number of anilines is 1. The Morgan fingerprint density at radius 1 is 0.778 bits per heavy atom. The molecule has 1 heterocycles. The van der Waals surface area contributed by atoms with Gasteiger partial charge in [-0.05, 0) is 11.4 Å².